The van der Waals surface area contributed by atoms with Crippen LogP contribution >= 0.6 is 0 Å². The van der Waals surface area contributed by atoms with E-state index in [1.54, 1.807) is 6.07 Å². The second-order valence-corrected chi connectivity index (χ2v) is 3.09. The molecule has 2 rings (SSSR count). The maximum absolute atomic E-state index is 13.4. The molecular weight excluding hydrogens is 182 g/mol. The number of urea groups is 1. The highest BCUT2D eigenvalue weighted by Crippen LogP contribution is 2.18. The van der Waals surface area contributed by atoms with Crippen LogP contribution in [0.1, 0.15) is 0 Å². The average Bonchev–Trinajstić information content (AvgIpc) is 2.52. The third kappa shape index (κ3) is 1.45. The molecule has 5 heteroatoms. The fourth-order valence-electron chi connectivity index (χ4n) is 1.44. The first-order valence-corrected chi connectivity index (χ1v) is 4.29. The predicted molar refractivity (Wildman–Crippen MR) is 52.5 cm³/mol. The van der Waals surface area contributed by atoms with Gasteiger partial charge in [-0.15, -0.1) is 0 Å². The van der Waals surface area contributed by atoms with E-state index in [9.17, 15) is 9.18 Å². The summed E-state index contributed by atoms with van der Waals surface area (Å²) in [6.07, 6.45) is 0. The van der Waals surface area contributed by atoms with Crippen LogP contribution in [0.3, 0.4) is 0 Å². The molecule has 0 atom stereocenters. The lowest BCUT2D eigenvalue weighted by Crippen LogP contribution is -2.28. The van der Waals surface area contributed by atoms with Crippen LogP contribution < -0.4 is 15.7 Å². The van der Waals surface area contributed by atoms with Gasteiger partial charge in [-0.05, 0) is 12.1 Å². The largest absolute Gasteiger partial charge is 0.336 e. The lowest BCUT2D eigenvalue weighted by atomic mass is 9.96. The van der Waals surface area contributed by atoms with Crippen molar-refractivity contribution in [2.24, 2.45) is 0 Å². The molecule has 1 heterocycles. The Morgan fingerprint density at radius 3 is 2.86 bits per heavy atom. The number of anilines is 1. The number of nitrogens with zero attached hydrogens (tertiary/aromatic N) is 1. The molecule has 0 saturated carbocycles. The number of nitrogens with one attached hydrogen (secondary N) is 1. The van der Waals surface area contributed by atoms with Gasteiger partial charge in [-0.1, -0.05) is 11.5 Å². The van der Waals surface area contributed by atoms with Crippen LogP contribution in [0, 0.1) is 5.82 Å². The molecule has 1 N–H and O–H groups in total. The van der Waals surface area contributed by atoms with Gasteiger partial charge in [0.25, 0.3) is 0 Å². The van der Waals surface area contributed by atoms with E-state index >= 15 is 0 Å². The maximum Gasteiger partial charge on any atom is 0.322 e. The third-order valence-electron chi connectivity index (χ3n) is 2.12. The Morgan fingerprint density at radius 1 is 1.50 bits per heavy atom. The molecule has 1 saturated heterocycles. The number of benzene rings is 1. The third-order valence-corrected chi connectivity index (χ3v) is 2.12. The van der Waals surface area contributed by atoms with Crippen LogP contribution in [-0.4, -0.2) is 27.0 Å². The number of carbonyl (C=O) groups is 1. The van der Waals surface area contributed by atoms with Gasteiger partial charge in [0, 0.05) is 13.1 Å². The standard InChI is InChI=1S/C9H8BFN2O/c10-6-1-2-8(7(11)5-6)13-4-3-12-9(13)14/h1-2,5H,3-4H2,(H,12,14). The highest BCUT2D eigenvalue weighted by Gasteiger charge is 2.23. The van der Waals surface area contributed by atoms with Crippen molar-refractivity contribution in [3.8, 4) is 0 Å². The van der Waals surface area contributed by atoms with E-state index in [0.717, 1.165) is 0 Å². The van der Waals surface area contributed by atoms with Crippen molar-refractivity contribution in [1.29, 1.82) is 0 Å². The van der Waals surface area contributed by atoms with Gasteiger partial charge in [0.05, 0.1) is 5.69 Å². The number of halogens is 1. The summed E-state index contributed by atoms with van der Waals surface area (Å²) >= 11 is 0. The summed E-state index contributed by atoms with van der Waals surface area (Å²) in [7, 11) is 5.40. The first-order valence-electron chi connectivity index (χ1n) is 4.29. The predicted octanol–water partition coefficient (Wildman–Crippen LogP) is 0.149. The summed E-state index contributed by atoms with van der Waals surface area (Å²) in [6.45, 7) is 1.03. The zero-order chi connectivity index (χ0) is 10.1. The maximum atomic E-state index is 13.4. The van der Waals surface area contributed by atoms with Crippen LogP contribution in [0.25, 0.3) is 0 Å². The molecule has 2 radical (unpaired) electrons. The molecule has 14 heavy (non-hydrogen) atoms. The molecule has 1 fully saturated rings. The van der Waals surface area contributed by atoms with Crippen molar-refractivity contribution in [3.63, 3.8) is 0 Å². The molecule has 2 amide bonds. The number of rotatable bonds is 1. The molecule has 1 aliphatic rings. The second-order valence-electron chi connectivity index (χ2n) is 3.09. The van der Waals surface area contributed by atoms with E-state index in [-0.39, 0.29) is 11.7 Å². The monoisotopic (exact) mass is 190 g/mol. The quantitative estimate of drug-likeness (QED) is 0.628. The van der Waals surface area contributed by atoms with Crippen molar-refractivity contribution < 1.29 is 9.18 Å². The Balaban J connectivity index is 2.36. The fraction of sp³-hybridized carbons (Fsp3) is 0.222. The number of hydrogen-bond acceptors (Lipinski definition) is 1. The molecular formula is C9H8BFN2O. The highest BCUT2D eigenvalue weighted by molar-refractivity contribution is 6.32. The van der Waals surface area contributed by atoms with E-state index in [2.05, 4.69) is 5.32 Å². The van der Waals surface area contributed by atoms with Crippen molar-refractivity contribution in [2.75, 3.05) is 18.0 Å². The van der Waals surface area contributed by atoms with Crippen molar-refractivity contribution >= 4 is 25.0 Å². The Labute approximate surface area is 82.3 Å². The van der Waals surface area contributed by atoms with Crippen LogP contribution in [0.15, 0.2) is 18.2 Å². The van der Waals surface area contributed by atoms with Gasteiger partial charge in [0.1, 0.15) is 13.7 Å². The molecule has 70 valence electrons. The smallest absolute Gasteiger partial charge is 0.322 e. The van der Waals surface area contributed by atoms with Gasteiger partial charge < -0.3 is 5.32 Å². The van der Waals surface area contributed by atoms with E-state index < -0.39 is 5.82 Å². The fourth-order valence-corrected chi connectivity index (χ4v) is 1.44. The molecule has 0 bridgehead atoms. The minimum absolute atomic E-state index is 0.270. The van der Waals surface area contributed by atoms with Crippen LogP contribution in [-0.2, 0) is 0 Å². The minimum Gasteiger partial charge on any atom is -0.336 e. The summed E-state index contributed by atoms with van der Waals surface area (Å²) in [4.78, 5) is 12.6. The Hall–Kier alpha value is -1.52. The molecule has 0 spiro atoms. The molecule has 3 nitrogen and oxygen atoms in total. The molecule has 0 aromatic heterocycles. The zero-order valence-electron chi connectivity index (χ0n) is 7.46. The van der Waals surface area contributed by atoms with Gasteiger partial charge in [-0.25, -0.2) is 9.18 Å². The van der Waals surface area contributed by atoms with Crippen LogP contribution in [0.2, 0.25) is 0 Å². The summed E-state index contributed by atoms with van der Waals surface area (Å²) in [5, 5.41) is 2.60. The molecule has 1 aliphatic heterocycles. The summed E-state index contributed by atoms with van der Waals surface area (Å²) in [5.41, 5.74) is 0.625. The van der Waals surface area contributed by atoms with E-state index in [1.165, 1.54) is 17.0 Å². The van der Waals surface area contributed by atoms with Crippen LogP contribution in [0.4, 0.5) is 14.9 Å². The summed E-state index contributed by atoms with van der Waals surface area (Å²) in [6, 6.07) is 4.02. The van der Waals surface area contributed by atoms with Gasteiger partial charge in [0.2, 0.25) is 0 Å². The van der Waals surface area contributed by atoms with Crippen molar-refractivity contribution in [2.45, 2.75) is 0 Å². The topological polar surface area (TPSA) is 32.3 Å². The average molecular weight is 190 g/mol. The number of hydrogen-bond donors (Lipinski definition) is 1. The normalized spacial score (nSPS) is 15.8. The van der Waals surface area contributed by atoms with Crippen LogP contribution in [0.5, 0.6) is 0 Å². The van der Waals surface area contributed by atoms with E-state index in [1.807, 2.05) is 0 Å². The molecule has 1 aromatic rings. The van der Waals surface area contributed by atoms with Crippen molar-refractivity contribution in [1.82, 2.24) is 5.32 Å². The highest BCUT2D eigenvalue weighted by atomic mass is 19.1. The molecule has 0 aliphatic carbocycles. The SMILES string of the molecule is [B]c1ccc(N2CCNC2=O)c(F)c1. The van der Waals surface area contributed by atoms with Gasteiger partial charge in [-0.3, -0.25) is 4.90 Å². The van der Waals surface area contributed by atoms with E-state index in [0.29, 0.717) is 18.6 Å². The summed E-state index contributed by atoms with van der Waals surface area (Å²) < 4.78 is 13.4. The van der Waals surface area contributed by atoms with E-state index in [4.69, 9.17) is 7.85 Å². The Morgan fingerprint density at radius 2 is 2.29 bits per heavy atom. The molecule has 0 unspecified atom stereocenters. The van der Waals surface area contributed by atoms with Gasteiger partial charge in [-0.2, -0.15) is 0 Å². The first-order chi connectivity index (χ1) is 6.68. The molecule has 1 aromatic carbocycles. The second kappa shape index (κ2) is 3.33. The zero-order valence-corrected chi connectivity index (χ0v) is 7.46. The number of carbonyl (C=O) groups excluding carboxylic acids is 1. The minimum atomic E-state index is -0.470. The lowest BCUT2D eigenvalue weighted by molar-refractivity contribution is 0.252. The number of amides is 2. The Bertz CT molecular complexity index is 383. The lowest BCUT2D eigenvalue weighted by Gasteiger charge is -2.15. The Kier molecular flexibility index (Phi) is 2.15. The first kappa shape index (κ1) is 9.06. The van der Waals surface area contributed by atoms with Gasteiger partial charge >= 0.3 is 6.03 Å². The van der Waals surface area contributed by atoms with Crippen molar-refractivity contribution in [3.05, 3.63) is 24.0 Å². The summed E-state index contributed by atoms with van der Waals surface area (Å²) in [5.74, 6) is -0.470. The van der Waals surface area contributed by atoms with Gasteiger partial charge in [0.15, 0.2) is 0 Å².